The third-order valence-electron chi connectivity index (χ3n) is 5.86. The SMILES string of the molecule is CNCCC(C)[C@H]1C[C@H](SC2=C(C(=O)O)N3C(=O)[C@H]([C@@H](C)O)[C@H]3C2)CN1. The first-order valence-corrected chi connectivity index (χ1v) is 10.2. The molecule has 0 spiro atoms. The van der Waals surface area contributed by atoms with Crippen molar-refractivity contribution in [1.29, 1.82) is 0 Å². The molecule has 0 saturated carbocycles. The molecule has 6 atom stereocenters. The second-order valence-electron chi connectivity index (χ2n) is 7.68. The first-order chi connectivity index (χ1) is 12.3. The largest absolute Gasteiger partial charge is 0.477 e. The number of carboxylic acids is 1. The number of carbonyl (C=O) groups excluding carboxylic acids is 1. The number of hydrogen-bond acceptors (Lipinski definition) is 6. The minimum atomic E-state index is -1.04. The van der Waals surface area contributed by atoms with Crippen LogP contribution < -0.4 is 10.6 Å². The van der Waals surface area contributed by atoms with Gasteiger partial charge in [-0.05, 0) is 39.3 Å². The summed E-state index contributed by atoms with van der Waals surface area (Å²) in [6, 6.07) is 0.246. The van der Waals surface area contributed by atoms with Crippen molar-refractivity contribution in [3.8, 4) is 0 Å². The summed E-state index contributed by atoms with van der Waals surface area (Å²) in [5.74, 6) is -1.22. The Bertz CT molecular complexity index is 609. The Morgan fingerprint density at radius 1 is 1.46 bits per heavy atom. The maximum atomic E-state index is 12.3. The quantitative estimate of drug-likeness (QED) is 0.455. The molecule has 8 heteroatoms. The van der Waals surface area contributed by atoms with Crippen LogP contribution in [-0.2, 0) is 9.59 Å². The van der Waals surface area contributed by atoms with E-state index in [2.05, 4.69) is 17.6 Å². The Morgan fingerprint density at radius 2 is 2.19 bits per heavy atom. The summed E-state index contributed by atoms with van der Waals surface area (Å²) in [4.78, 5) is 26.2. The van der Waals surface area contributed by atoms with Crippen molar-refractivity contribution in [2.24, 2.45) is 11.8 Å². The molecule has 7 nitrogen and oxygen atoms in total. The summed E-state index contributed by atoms with van der Waals surface area (Å²) in [6.45, 7) is 5.69. The van der Waals surface area contributed by atoms with E-state index in [9.17, 15) is 19.8 Å². The lowest BCUT2D eigenvalue weighted by Gasteiger charge is -2.44. The highest BCUT2D eigenvalue weighted by atomic mass is 32.2. The van der Waals surface area contributed by atoms with Gasteiger partial charge in [0, 0.05) is 29.2 Å². The van der Waals surface area contributed by atoms with E-state index in [1.807, 2.05) is 7.05 Å². The van der Waals surface area contributed by atoms with Crippen molar-refractivity contribution >= 4 is 23.6 Å². The van der Waals surface area contributed by atoms with Crippen molar-refractivity contribution in [1.82, 2.24) is 15.5 Å². The predicted octanol–water partition coefficient (Wildman–Crippen LogP) is 0.603. The maximum Gasteiger partial charge on any atom is 0.353 e. The van der Waals surface area contributed by atoms with Crippen LogP contribution in [0.15, 0.2) is 10.6 Å². The first kappa shape index (κ1) is 19.7. The van der Waals surface area contributed by atoms with E-state index in [1.165, 1.54) is 4.90 Å². The Labute approximate surface area is 158 Å². The molecule has 2 fully saturated rings. The lowest BCUT2D eigenvalue weighted by atomic mass is 9.83. The van der Waals surface area contributed by atoms with Crippen molar-refractivity contribution in [3.63, 3.8) is 0 Å². The van der Waals surface area contributed by atoms with Gasteiger partial charge in [0.15, 0.2) is 0 Å². The number of aliphatic hydroxyl groups is 1. The molecule has 3 aliphatic rings. The number of carboxylic acid groups (broad SMARTS) is 1. The summed E-state index contributed by atoms with van der Waals surface area (Å²) in [6.07, 6.45) is 1.91. The number of aliphatic hydroxyl groups excluding tert-OH is 1. The van der Waals surface area contributed by atoms with Gasteiger partial charge in [-0.15, -0.1) is 11.8 Å². The van der Waals surface area contributed by atoms with Crippen molar-refractivity contribution < 1.29 is 19.8 Å². The molecule has 3 heterocycles. The van der Waals surface area contributed by atoms with Crippen molar-refractivity contribution in [2.75, 3.05) is 20.1 Å². The molecule has 0 aromatic rings. The molecule has 3 rings (SSSR count). The zero-order valence-electron chi connectivity index (χ0n) is 15.6. The Morgan fingerprint density at radius 3 is 2.81 bits per heavy atom. The molecule has 26 heavy (non-hydrogen) atoms. The highest BCUT2D eigenvalue weighted by Crippen LogP contribution is 2.48. The highest BCUT2D eigenvalue weighted by Gasteiger charge is 2.57. The fraction of sp³-hybridized carbons (Fsp3) is 0.778. The van der Waals surface area contributed by atoms with Crippen molar-refractivity contribution in [3.05, 3.63) is 10.6 Å². The average molecular weight is 384 g/mol. The van der Waals surface area contributed by atoms with Crippen LogP contribution in [0.3, 0.4) is 0 Å². The lowest BCUT2D eigenvalue weighted by Crippen LogP contribution is -2.61. The number of thioether (sulfide) groups is 1. The number of fused-ring (bicyclic) bond motifs is 1. The van der Waals surface area contributed by atoms with Gasteiger partial charge in [-0.1, -0.05) is 6.92 Å². The van der Waals surface area contributed by atoms with Crippen LogP contribution in [0.4, 0.5) is 0 Å². The molecule has 3 aliphatic heterocycles. The normalized spacial score (nSPS) is 33.2. The van der Waals surface area contributed by atoms with Gasteiger partial charge in [-0.2, -0.15) is 0 Å². The maximum absolute atomic E-state index is 12.3. The molecule has 0 aromatic heterocycles. The van der Waals surface area contributed by atoms with Gasteiger partial charge in [0.2, 0.25) is 5.91 Å². The van der Waals surface area contributed by atoms with Gasteiger partial charge in [-0.25, -0.2) is 4.79 Å². The first-order valence-electron chi connectivity index (χ1n) is 9.37. The fourth-order valence-electron chi connectivity index (χ4n) is 4.37. The summed E-state index contributed by atoms with van der Waals surface area (Å²) >= 11 is 1.60. The monoisotopic (exact) mass is 383 g/mol. The Kier molecular flexibility index (Phi) is 5.96. The second kappa shape index (κ2) is 7.88. The molecule has 0 aromatic carbocycles. The minimum Gasteiger partial charge on any atom is -0.477 e. The molecule has 1 unspecified atom stereocenters. The zero-order chi connectivity index (χ0) is 19.0. The highest BCUT2D eigenvalue weighted by molar-refractivity contribution is 8.03. The Hall–Kier alpha value is -1.09. The molecular formula is C18H29N3O4S. The molecule has 4 N–H and O–H groups in total. The van der Waals surface area contributed by atoms with E-state index >= 15 is 0 Å². The van der Waals surface area contributed by atoms with Gasteiger partial charge in [-0.3, -0.25) is 4.79 Å². The van der Waals surface area contributed by atoms with Crippen LogP contribution in [0, 0.1) is 11.8 Å². The summed E-state index contributed by atoms with van der Waals surface area (Å²) in [7, 11) is 1.96. The van der Waals surface area contributed by atoms with E-state index in [1.54, 1.807) is 18.7 Å². The van der Waals surface area contributed by atoms with Crippen LogP contribution in [0.25, 0.3) is 0 Å². The molecule has 146 valence electrons. The molecule has 2 saturated heterocycles. The predicted molar refractivity (Wildman–Crippen MR) is 101 cm³/mol. The Balaban J connectivity index is 1.65. The number of carbonyl (C=O) groups is 2. The van der Waals surface area contributed by atoms with E-state index in [4.69, 9.17) is 0 Å². The number of nitrogens with one attached hydrogen (secondary N) is 2. The van der Waals surface area contributed by atoms with Crippen LogP contribution in [0.1, 0.15) is 33.1 Å². The lowest BCUT2D eigenvalue weighted by molar-refractivity contribution is -0.161. The van der Waals surface area contributed by atoms with Crippen LogP contribution in [-0.4, -0.2) is 70.6 Å². The van der Waals surface area contributed by atoms with Gasteiger partial charge < -0.3 is 25.7 Å². The fourth-order valence-corrected chi connectivity index (χ4v) is 5.82. The topological polar surface area (TPSA) is 102 Å². The minimum absolute atomic E-state index is 0.133. The number of rotatable bonds is 8. The van der Waals surface area contributed by atoms with Gasteiger partial charge >= 0.3 is 5.97 Å². The van der Waals surface area contributed by atoms with Gasteiger partial charge in [0.25, 0.3) is 0 Å². The molecular weight excluding hydrogens is 354 g/mol. The summed E-state index contributed by atoms with van der Waals surface area (Å²) < 4.78 is 0. The van der Waals surface area contributed by atoms with E-state index in [0.29, 0.717) is 23.6 Å². The third-order valence-corrected chi connectivity index (χ3v) is 7.20. The van der Waals surface area contributed by atoms with Gasteiger partial charge in [0.05, 0.1) is 18.1 Å². The number of nitrogens with zero attached hydrogens (tertiary/aromatic N) is 1. The average Bonchev–Trinajstić information content (AvgIpc) is 3.15. The number of aliphatic carboxylic acids is 1. The van der Waals surface area contributed by atoms with E-state index in [-0.39, 0.29) is 17.6 Å². The standard InChI is InChI=1S/C18H29N3O4S/c1-9(4-5-19-3)12-6-11(8-20-12)26-14-7-13-15(10(2)22)17(23)21(13)16(14)18(24)25/h9-13,15,19-20,22H,4-8H2,1-3H3,(H,24,25)/t9?,10-,11+,12-,13-,15-/m1/s1. The molecule has 0 radical (unpaired) electrons. The molecule has 0 bridgehead atoms. The van der Waals surface area contributed by atoms with Crippen molar-refractivity contribution in [2.45, 2.75) is 56.5 Å². The number of amides is 1. The van der Waals surface area contributed by atoms with E-state index in [0.717, 1.165) is 30.8 Å². The van der Waals surface area contributed by atoms with Gasteiger partial charge in [0.1, 0.15) is 5.70 Å². The summed E-state index contributed by atoms with van der Waals surface area (Å²) in [5.41, 5.74) is 0.133. The van der Waals surface area contributed by atoms with Crippen LogP contribution in [0.5, 0.6) is 0 Å². The molecule has 1 amide bonds. The van der Waals surface area contributed by atoms with Crippen LogP contribution >= 0.6 is 11.8 Å². The smallest absolute Gasteiger partial charge is 0.353 e. The number of hydrogen-bond donors (Lipinski definition) is 4. The molecule has 0 aliphatic carbocycles. The zero-order valence-corrected chi connectivity index (χ0v) is 16.4. The second-order valence-corrected chi connectivity index (χ2v) is 9.08. The summed E-state index contributed by atoms with van der Waals surface area (Å²) in [5, 5.41) is 26.5. The number of β-lactam (4-membered cyclic amide) rings is 1. The van der Waals surface area contributed by atoms with Crippen LogP contribution in [0.2, 0.25) is 0 Å². The van der Waals surface area contributed by atoms with E-state index < -0.39 is 18.0 Å². The third kappa shape index (κ3) is 3.52.